The van der Waals surface area contributed by atoms with Crippen LogP contribution in [0.4, 0.5) is 18.9 Å². The molecule has 1 aromatic carbocycles. The molecule has 0 aliphatic heterocycles. The molecule has 2 atom stereocenters. The molecule has 1 fully saturated rings. The van der Waals surface area contributed by atoms with E-state index in [-0.39, 0.29) is 5.75 Å². The van der Waals surface area contributed by atoms with E-state index in [1.54, 1.807) is 12.1 Å². The van der Waals surface area contributed by atoms with Crippen LogP contribution in [0.25, 0.3) is 0 Å². The van der Waals surface area contributed by atoms with Gasteiger partial charge in [-0.2, -0.15) is 0 Å². The fraction of sp³-hybridized carbons (Fsp3) is 0.600. The van der Waals surface area contributed by atoms with Gasteiger partial charge in [0.1, 0.15) is 5.75 Å². The molecular formula is C15H20F3NO. The van der Waals surface area contributed by atoms with Crippen LogP contribution in [0.2, 0.25) is 0 Å². The largest absolute Gasteiger partial charge is 0.573 e. The predicted octanol–water partition coefficient (Wildman–Crippen LogP) is 4.97. The van der Waals surface area contributed by atoms with Crippen molar-refractivity contribution in [2.24, 2.45) is 5.92 Å². The van der Waals surface area contributed by atoms with E-state index < -0.39 is 6.36 Å². The number of hydrogen-bond donors (Lipinski definition) is 1. The van der Waals surface area contributed by atoms with E-state index in [0.717, 1.165) is 31.6 Å². The van der Waals surface area contributed by atoms with Crippen LogP contribution in [0.5, 0.6) is 5.75 Å². The summed E-state index contributed by atoms with van der Waals surface area (Å²) < 4.78 is 40.5. The van der Waals surface area contributed by atoms with Crippen molar-refractivity contribution in [3.8, 4) is 5.75 Å². The molecule has 0 bridgehead atoms. The summed E-state index contributed by atoms with van der Waals surface area (Å²) in [6, 6.07) is 6.40. The molecule has 0 radical (unpaired) electrons. The zero-order valence-electron chi connectivity index (χ0n) is 11.5. The van der Waals surface area contributed by atoms with Crippen molar-refractivity contribution in [1.29, 1.82) is 0 Å². The molecule has 1 aromatic rings. The van der Waals surface area contributed by atoms with Gasteiger partial charge in [-0.25, -0.2) is 0 Å². The lowest BCUT2D eigenvalue weighted by Gasteiger charge is -2.18. The van der Waals surface area contributed by atoms with Crippen LogP contribution in [-0.4, -0.2) is 12.4 Å². The Morgan fingerprint density at radius 3 is 2.70 bits per heavy atom. The Morgan fingerprint density at radius 2 is 1.95 bits per heavy atom. The van der Waals surface area contributed by atoms with E-state index in [2.05, 4.69) is 17.0 Å². The summed E-state index contributed by atoms with van der Waals surface area (Å²) in [5.41, 5.74) is 0.686. The highest BCUT2D eigenvalue weighted by molar-refractivity contribution is 5.48. The fourth-order valence-electron chi connectivity index (χ4n) is 2.65. The van der Waals surface area contributed by atoms with Crippen LogP contribution in [0.3, 0.4) is 0 Å². The first-order valence-electron chi connectivity index (χ1n) is 7.05. The summed E-state index contributed by atoms with van der Waals surface area (Å²) in [6.07, 6.45) is 1.04. The molecule has 1 N–H and O–H groups in total. The summed E-state index contributed by atoms with van der Waals surface area (Å²) in [4.78, 5) is 0. The van der Waals surface area contributed by atoms with Crippen LogP contribution < -0.4 is 10.1 Å². The predicted molar refractivity (Wildman–Crippen MR) is 72.8 cm³/mol. The number of halogens is 3. The van der Waals surface area contributed by atoms with Gasteiger partial charge in [0.2, 0.25) is 0 Å². The lowest BCUT2D eigenvalue weighted by atomic mass is 10.0. The molecule has 0 spiro atoms. The normalized spacial score (nSPS) is 24.0. The maximum Gasteiger partial charge on any atom is 0.573 e. The molecular weight excluding hydrogens is 267 g/mol. The van der Waals surface area contributed by atoms with Crippen LogP contribution in [0.15, 0.2) is 24.3 Å². The van der Waals surface area contributed by atoms with E-state index in [0.29, 0.717) is 11.7 Å². The van der Waals surface area contributed by atoms with Gasteiger partial charge in [0, 0.05) is 17.8 Å². The van der Waals surface area contributed by atoms with Crippen molar-refractivity contribution in [1.82, 2.24) is 0 Å². The molecule has 0 saturated heterocycles. The summed E-state index contributed by atoms with van der Waals surface area (Å²) in [6.45, 7) is 2.25. The maximum absolute atomic E-state index is 12.2. The minimum absolute atomic E-state index is 0.176. The van der Waals surface area contributed by atoms with E-state index in [1.807, 2.05) is 0 Å². The number of benzene rings is 1. The molecule has 2 rings (SSSR count). The third-order valence-electron chi connectivity index (χ3n) is 3.70. The van der Waals surface area contributed by atoms with Crippen LogP contribution >= 0.6 is 0 Å². The van der Waals surface area contributed by atoms with Gasteiger partial charge in [-0.3, -0.25) is 0 Å². The Hall–Kier alpha value is -1.39. The molecule has 5 heteroatoms. The average Bonchev–Trinajstić information content (AvgIpc) is 2.53. The van der Waals surface area contributed by atoms with E-state index in [4.69, 9.17) is 0 Å². The third-order valence-corrected chi connectivity index (χ3v) is 3.70. The summed E-state index contributed by atoms with van der Waals surface area (Å²) in [5.74, 6) is 0.561. The molecule has 1 saturated carbocycles. The molecule has 1 aliphatic rings. The van der Waals surface area contributed by atoms with Gasteiger partial charge in [0.25, 0.3) is 0 Å². The standard InChI is InChI=1S/C15H20F3NO/c1-11-4-2-5-12(9-8-11)19-13-6-3-7-14(10-13)20-15(16,17)18/h3,6-7,10-12,19H,2,4-5,8-9H2,1H3. The second-order valence-corrected chi connectivity index (χ2v) is 5.53. The average molecular weight is 287 g/mol. The van der Waals surface area contributed by atoms with Gasteiger partial charge in [-0.15, -0.1) is 13.2 Å². The minimum Gasteiger partial charge on any atom is -0.406 e. The van der Waals surface area contributed by atoms with E-state index in [9.17, 15) is 13.2 Å². The Balaban J connectivity index is 1.97. The number of nitrogens with one attached hydrogen (secondary N) is 1. The molecule has 2 nitrogen and oxygen atoms in total. The molecule has 0 amide bonds. The highest BCUT2D eigenvalue weighted by Gasteiger charge is 2.31. The second-order valence-electron chi connectivity index (χ2n) is 5.53. The summed E-state index contributed by atoms with van der Waals surface area (Å²) in [7, 11) is 0. The highest BCUT2D eigenvalue weighted by Crippen LogP contribution is 2.28. The number of rotatable bonds is 3. The Labute approximate surface area is 117 Å². The molecule has 1 aliphatic carbocycles. The van der Waals surface area contributed by atoms with Gasteiger partial charge in [0.05, 0.1) is 0 Å². The Kier molecular flexibility index (Phi) is 4.78. The third kappa shape index (κ3) is 4.94. The summed E-state index contributed by atoms with van der Waals surface area (Å²) in [5, 5.41) is 3.32. The van der Waals surface area contributed by atoms with Crippen molar-refractivity contribution in [2.45, 2.75) is 51.4 Å². The fourth-order valence-corrected chi connectivity index (χ4v) is 2.65. The molecule has 0 aromatic heterocycles. The number of anilines is 1. The lowest BCUT2D eigenvalue weighted by Crippen LogP contribution is -2.19. The van der Waals surface area contributed by atoms with Crippen molar-refractivity contribution in [3.63, 3.8) is 0 Å². The zero-order valence-corrected chi connectivity index (χ0v) is 11.5. The van der Waals surface area contributed by atoms with Crippen LogP contribution in [0.1, 0.15) is 39.0 Å². The first kappa shape index (κ1) is 15.0. The molecule has 2 unspecified atom stereocenters. The maximum atomic E-state index is 12.2. The van der Waals surface area contributed by atoms with Crippen molar-refractivity contribution < 1.29 is 17.9 Å². The monoisotopic (exact) mass is 287 g/mol. The van der Waals surface area contributed by atoms with Gasteiger partial charge < -0.3 is 10.1 Å². The van der Waals surface area contributed by atoms with E-state index in [1.165, 1.54) is 18.6 Å². The number of alkyl halides is 3. The lowest BCUT2D eigenvalue weighted by molar-refractivity contribution is -0.274. The van der Waals surface area contributed by atoms with Crippen molar-refractivity contribution in [2.75, 3.05) is 5.32 Å². The second kappa shape index (κ2) is 6.37. The van der Waals surface area contributed by atoms with Crippen LogP contribution in [-0.2, 0) is 0 Å². The topological polar surface area (TPSA) is 21.3 Å². The van der Waals surface area contributed by atoms with Crippen LogP contribution in [0, 0.1) is 5.92 Å². The molecule has 20 heavy (non-hydrogen) atoms. The van der Waals surface area contributed by atoms with Crippen molar-refractivity contribution in [3.05, 3.63) is 24.3 Å². The zero-order chi connectivity index (χ0) is 14.6. The Bertz CT molecular complexity index is 433. The Morgan fingerprint density at radius 1 is 1.15 bits per heavy atom. The first-order valence-corrected chi connectivity index (χ1v) is 7.05. The minimum atomic E-state index is -4.64. The quantitative estimate of drug-likeness (QED) is 0.793. The number of hydrogen-bond acceptors (Lipinski definition) is 2. The van der Waals surface area contributed by atoms with Gasteiger partial charge in [-0.1, -0.05) is 25.8 Å². The number of ether oxygens (including phenoxy) is 1. The molecule has 0 heterocycles. The SMILES string of the molecule is CC1CCCC(Nc2cccc(OC(F)(F)F)c2)CC1. The highest BCUT2D eigenvalue weighted by atomic mass is 19.4. The smallest absolute Gasteiger partial charge is 0.406 e. The van der Waals surface area contributed by atoms with Gasteiger partial charge in [0.15, 0.2) is 0 Å². The summed E-state index contributed by atoms with van der Waals surface area (Å²) >= 11 is 0. The molecule has 112 valence electrons. The van der Waals surface area contributed by atoms with Gasteiger partial charge >= 0.3 is 6.36 Å². The van der Waals surface area contributed by atoms with Gasteiger partial charge in [-0.05, 0) is 37.3 Å². The van der Waals surface area contributed by atoms with E-state index >= 15 is 0 Å². The van der Waals surface area contributed by atoms with Crippen molar-refractivity contribution >= 4 is 5.69 Å². The first-order chi connectivity index (χ1) is 9.42.